The average molecular weight is 312 g/mol. The molecule has 2 aromatic heterocycles. The topological polar surface area (TPSA) is 76.0 Å². The Morgan fingerprint density at radius 2 is 2.00 bits per heavy atom. The van der Waals surface area contributed by atoms with Gasteiger partial charge in [-0.2, -0.15) is 0 Å². The molecule has 2 N–H and O–H groups in total. The summed E-state index contributed by atoms with van der Waals surface area (Å²) in [6, 6.07) is 5.13. The van der Waals surface area contributed by atoms with Crippen molar-refractivity contribution in [3.05, 3.63) is 46.9 Å². The normalized spacial score (nSPS) is 13.7. The Kier molecular flexibility index (Phi) is 3.90. The molecule has 120 valence electrons. The first-order valence-electron chi connectivity index (χ1n) is 7.67. The highest BCUT2D eigenvalue weighted by molar-refractivity contribution is 6.05. The quantitative estimate of drug-likeness (QED) is 0.909. The number of hydrogen-bond donors (Lipinski definition) is 2. The summed E-state index contributed by atoms with van der Waals surface area (Å²) in [6.45, 7) is 1.94. The minimum Gasteiger partial charge on any atom is -0.355 e. The molecule has 0 aromatic carbocycles. The molecule has 0 spiro atoms. The van der Waals surface area contributed by atoms with E-state index in [1.54, 1.807) is 19.2 Å². The smallest absolute Gasteiger partial charge is 0.258 e. The SMILES string of the molecule is CNC(=O)c1ccnc(NC(=O)c2cc(C3CC3)n(C)c2C)c1. The van der Waals surface area contributed by atoms with Crippen LogP contribution in [-0.2, 0) is 7.05 Å². The summed E-state index contributed by atoms with van der Waals surface area (Å²) in [5.74, 6) is 0.531. The fourth-order valence-electron chi connectivity index (χ4n) is 2.69. The Labute approximate surface area is 134 Å². The molecule has 1 saturated carbocycles. The average Bonchev–Trinajstić information content (AvgIpc) is 3.34. The van der Waals surface area contributed by atoms with E-state index in [0.717, 1.165) is 5.69 Å². The van der Waals surface area contributed by atoms with Gasteiger partial charge in [0.1, 0.15) is 5.82 Å². The molecule has 6 heteroatoms. The predicted molar refractivity (Wildman–Crippen MR) is 87.7 cm³/mol. The molecule has 0 bridgehead atoms. The number of rotatable bonds is 4. The molecule has 6 nitrogen and oxygen atoms in total. The molecule has 1 aliphatic carbocycles. The van der Waals surface area contributed by atoms with Gasteiger partial charge in [0.2, 0.25) is 0 Å². The zero-order valence-corrected chi connectivity index (χ0v) is 13.5. The van der Waals surface area contributed by atoms with E-state index in [1.165, 1.54) is 24.7 Å². The van der Waals surface area contributed by atoms with Crippen molar-refractivity contribution in [2.24, 2.45) is 7.05 Å². The van der Waals surface area contributed by atoms with Crippen LogP contribution in [0.4, 0.5) is 5.82 Å². The van der Waals surface area contributed by atoms with Gasteiger partial charge in [0, 0.05) is 37.2 Å². The lowest BCUT2D eigenvalue weighted by Crippen LogP contribution is -2.19. The highest BCUT2D eigenvalue weighted by Crippen LogP contribution is 2.41. The molecule has 1 aliphatic rings. The predicted octanol–water partition coefficient (Wildman–Crippen LogP) is 2.22. The van der Waals surface area contributed by atoms with E-state index < -0.39 is 0 Å². The van der Waals surface area contributed by atoms with Crippen LogP contribution >= 0.6 is 0 Å². The van der Waals surface area contributed by atoms with Gasteiger partial charge in [-0.1, -0.05) is 0 Å². The van der Waals surface area contributed by atoms with Crippen molar-refractivity contribution >= 4 is 17.6 Å². The van der Waals surface area contributed by atoms with Crippen LogP contribution < -0.4 is 10.6 Å². The largest absolute Gasteiger partial charge is 0.355 e. The molecule has 2 amide bonds. The van der Waals surface area contributed by atoms with Gasteiger partial charge in [-0.3, -0.25) is 9.59 Å². The van der Waals surface area contributed by atoms with E-state index in [4.69, 9.17) is 0 Å². The van der Waals surface area contributed by atoms with E-state index in [0.29, 0.717) is 22.9 Å². The highest BCUT2D eigenvalue weighted by atomic mass is 16.2. The van der Waals surface area contributed by atoms with Crippen molar-refractivity contribution in [3.8, 4) is 0 Å². The fourth-order valence-corrected chi connectivity index (χ4v) is 2.69. The number of pyridine rings is 1. The third-order valence-electron chi connectivity index (χ3n) is 4.30. The molecular weight excluding hydrogens is 292 g/mol. The number of hydrogen-bond acceptors (Lipinski definition) is 3. The van der Waals surface area contributed by atoms with E-state index in [-0.39, 0.29) is 11.8 Å². The zero-order chi connectivity index (χ0) is 16.6. The number of carbonyl (C=O) groups excluding carboxylic acids is 2. The molecule has 23 heavy (non-hydrogen) atoms. The van der Waals surface area contributed by atoms with Crippen molar-refractivity contribution < 1.29 is 9.59 Å². The molecule has 0 saturated heterocycles. The minimum atomic E-state index is -0.213. The van der Waals surface area contributed by atoms with Gasteiger partial charge in [-0.15, -0.1) is 0 Å². The van der Waals surface area contributed by atoms with Crippen molar-refractivity contribution in [1.82, 2.24) is 14.9 Å². The monoisotopic (exact) mass is 312 g/mol. The van der Waals surface area contributed by atoms with Gasteiger partial charge in [-0.05, 0) is 43.9 Å². The number of carbonyl (C=O) groups is 2. The lowest BCUT2D eigenvalue weighted by molar-refractivity contribution is 0.0961. The number of anilines is 1. The van der Waals surface area contributed by atoms with Gasteiger partial charge < -0.3 is 15.2 Å². The molecule has 0 atom stereocenters. The Balaban J connectivity index is 1.82. The van der Waals surface area contributed by atoms with Crippen LogP contribution in [0.3, 0.4) is 0 Å². The zero-order valence-electron chi connectivity index (χ0n) is 13.5. The molecule has 1 fully saturated rings. The third kappa shape index (κ3) is 2.97. The van der Waals surface area contributed by atoms with Crippen molar-refractivity contribution in [1.29, 1.82) is 0 Å². The summed E-state index contributed by atoms with van der Waals surface area (Å²) >= 11 is 0. The van der Waals surface area contributed by atoms with Crippen molar-refractivity contribution in [2.45, 2.75) is 25.7 Å². The summed E-state index contributed by atoms with van der Waals surface area (Å²) in [7, 11) is 3.55. The second-order valence-corrected chi connectivity index (χ2v) is 5.86. The Bertz CT molecular complexity index is 775. The fraction of sp³-hybridized carbons (Fsp3) is 0.353. The Morgan fingerprint density at radius 1 is 1.26 bits per heavy atom. The second kappa shape index (κ2) is 5.87. The maximum atomic E-state index is 12.5. The summed E-state index contributed by atoms with van der Waals surface area (Å²) in [4.78, 5) is 28.3. The first kappa shape index (κ1) is 15.3. The van der Waals surface area contributed by atoms with Crippen LogP contribution in [0.1, 0.15) is 50.9 Å². The van der Waals surface area contributed by atoms with E-state index in [1.807, 2.05) is 20.0 Å². The molecule has 3 rings (SSSR count). The standard InChI is InChI=1S/C17H20N4O2/c1-10-13(9-14(21(10)3)11-4-5-11)17(23)20-15-8-12(6-7-19-15)16(22)18-2/h6-9,11H,4-5H2,1-3H3,(H,18,22)(H,19,20,23). The maximum absolute atomic E-state index is 12.5. The number of aromatic nitrogens is 2. The molecule has 0 unspecified atom stereocenters. The van der Waals surface area contributed by atoms with E-state index >= 15 is 0 Å². The summed E-state index contributed by atoms with van der Waals surface area (Å²) in [5, 5.41) is 5.32. The van der Waals surface area contributed by atoms with Gasteiger partial charge in [0.25, 0.3) is 11.8 Å². The number of nitrogens with one attached hydrogen (secondary N) is 2. The molecule has 2 heterocycles. The molecular formula is C17H20N4O2. The number of nitrogens with zero attached hydrogens (tertiary/aromatic N) is 2. The van der Waals surface area contributed by atoms with Gasteiger partial charge in [-0.25, -0.2) is 4.98 Å². The van der Waals surface area contributed by atoms with Crippen LogP contribution in [0, 0.1) is 6.92 Å². The molecule has 0 aliphatic heterocycles. The van der Waals surface area contributed by atoms with E-state index in [2.05, 4.69) is 20.2 Å². The lowest BCUT2D eigenvalue weighted by atomic mass is 10.2. The van der Waals surface area contributed by atoms with Gasteiger partial charge in [0.05, 0.1) is 5.56 Å². The first-order chi connectivity index (χ1) is 11.0. The Morgan fingerprint density at radius 3 is 2.65 bits per heavy atom. The lowest BCUT2D eigenvalue weighted by Gasteiger charge is -2.06. The Hall–Kier alpha value is -2.63. The van der Waals surface area contributed by atoms with Gasteiger partial charge in [0.15, 0.2) is 0 Å². The summed E-state index contributed by atoms with van der Waals surface area (Å²) in [6.07, 6.45) is 3.88. The van der Waals surface area contributed by atoms with E-state index in [9.17, 15) is 9.59 Å². The first-order valence-corrected chi connectivity index (χ1v) is 7.67. The van der Waals surface area contributed by atoms with Gasteiger partial charge >= 0.3 is 0 Å². The maximum Gasteiger partial charge on any atom is 0.258 e. The third-order valence-corrected chi connectivity index (χ3v) is 4.30. The van der Waals surface area contributed by atoms with Crippen LogP contribution in [0.25, 0.3) is 0 Å². The number of amides is 2. The highest BCUT2D eigenvalue weighted by Gasteiger charge is 2.29. The van der Waals surface area contributed by atoms with Crippen LogP contribution in [0.2, 0.25) is 0 Å². The molecule has 2 aromatic rings. The second-order valence-electron chi connectivity index (χ2n) is 5.86. The van der Waals surface area contributed by atoms with Crippen molar-refractivity contribution in [2.75, 3.05) is 12.4 Å². The van der Waals surface area contributed by atoms with Crippen LogP contribution in [0.15, 0.2) is 24.4 Å². The summed E-state index contributed by atoms with van der Waals surface area (Å²) in [5.41, 5.74) is 3.26. The summed E-state index contributed by atoms with van der Waals surface area (Å²) < 4.78 is 2.08. The van der Waals surface area contributed by atoms with Crippen LogP contribution in [-0.4, -0.2) is 28.4 Å². The van der Waals surface area contributed by atoms with Crippen molar-refractivity contribution in [3.63, 3.8) is 0 Å². The van der Waals surface area contributed by atoms with Crippen LogP contribution in [0.5, 0.6) is 0 Å². The minimum absolute atomic E-state index is 0.202. The molecule has 0 radical (unpaired) electrons.